The van der Waals surface area contributed by atoms with Crippen molar-refractivity contribution in [2.45, 2.75) is 31.7 Å². The second kappa shape index (κ2) is 5.66. The van der Waals surface area contributed by atoms with Crippen molar-refractivity contribution in [2.75, 3.05) is 0 Å². The summed E-state index contributed by atoms with van der Waals surface area (Å²) in [6, 6.07) is 2.34. The van der Waals surface area contributed by atoms with Crippen LogP contribution >= 0.6 is 0 Å². The average Bonchev–Trinajstić information content (AvgIpc) is 2.27. The molecule has 0 aliphatic carbocycles. The summed E-state index contributed by atoms with van der Waals surface area (Å²) in [7, 11) is -4.00. The van der Waals surface area contributed by atoms with Crippen molar-refractivity contribution in [1.82, 2.24) is 4.72 Å². The van der Waals surface area contributed by atoms with E-state index in [1.165, 1.54) is 0 Å². The van der Waals surface area contributed by atoms with Crippen LogP contribution in [-0.4, -0.2) is 25.5 Å². The van der Waals surface area contributed by atoms with Crippen molar-refractivity contribution in [3.8, 4) is 0 Å². The topological polar surface area (TPSA) is 83.5 Å². The lowest BCUT2D eigenvalue weighted by atomic mass is 10.1. The molecule has 0 bridgehead atoms. The maximum atomic E-state index is 13.7. The second-order valence-electron chi connectivity index (χ2n) is 4.60. The zero-order valence-corrected chi connectivity index (χ0v) is 11.7. The molecular weight excluding hydrogens is 273 g/mol. The molecule has 0 fully saturated rings. The van der Waals surface area contributed by atoms with Crippen molar-refractivity contribution >= 4 is 16.0 Å². The molecule has 5 nitrogen and oxygen atoms in total. The van der Waals surface area contributed by atoms with Gasteiger partial charge in [-0.15, -0.1) is 0 Å². The molecule has 7 heteroatoms. The molecule has 0 saturated carbocycles. The van der Waals surface area contributed by atoms with Gasteiger partial charge in [-0.1, -0.05) is 13.8 Å². The molecule has 1 aromatic carbocycles. The van der Waals surface area contributed by atoms with E-state index in [9.17, 15) is 17.6 Å². The van der Waals surface area contributed by atoms with Gasteiger partial charge in [0.05, 0.1) is 5.56 Å². The van der Waals surface area contributed by atoms with Gasteiger partial charge in [-0.05, 0) is 31.0 Å². The summed E-state index contributed by atoms with van der Waals surface area (Å²) in [4.78, 5) is 10.1. The van der Waals surface area contributed by atoms with Gasteiger partial charge in [-0.3, -0.25) is 0 Å². The maximum Gasteiger partial charge on any atom is 0.335 e. The Kier molecular flexibility index (Phi) is 4.65. The molecule has 0 spiro atoms. The Balaban J connectivity index is 3.12. The highest BCUT2D eigenvalue weighted by Gasteiger charge is 2.23. The summed E-state index contributed by atoms with van der Waals surface area (Å²) in [5, 5.41) is 8.69. The minimum Gasteiger partial charge on any atom is -0.478 e. The molecule has 2 N–H and O–H groups in total. The van der Waals surface area contributed by atoms with Crippen LogP contribution in [-0.2, 0) is 10.0 Å². The van der Waals surface area contributed by atoms with E-state index in [0.717, 1.165) is 12.1 Å². The molecule has 0 aromatic heterocycles. The molecule has 106 valence electrons. The van der Waals surface area contributed by atoms with Crippen LogP contribution in [0.2, 0.25) is 0 Å². The normalized spacial score (nSPS) is 13.5. The Morgan fingerprint density at radius 1 is 1.32 bits per heavy atom. The number of sulfonamides is 1. The van der Waals surface area contributed by atoms with E-state index in [4.69, 9.17) is 5.11 Å². The van der Waals surface area contributed by atoms with Crippen molar-refractivity contribution in [3.05, 3.63) is 29.6 Å². The number of halogens is 1. The third-order valence-electron chi connectivity index (χ3n) is 2.81. The minimum atomic E-state index is -4.00. The van der Waals surface area contributed by atoms with Gasteiger partial charge in [-0.25, -0.2) is 22.3 Å². The Morgan fingerprint density at radius 2 is 1.89 bits per heavy atom. The van der Waals surface area contributed by atoms with Crippen LogP contribution in [0.1, 0.15) is 31.1 Å². The Labute approximate surface area is 111 Å². The molecule has 19 heavy (non-hydrogen) atoms. The van der Waals surface area contributed by atoms with Gasteiger partial charge >= 0.3 is 5.97 Å². The third kappa shape index (κ3) is 3.74. The van der Waals surface area contributed by atoms with Gasteiger partial charge in [0.1, 0.15) is 10.7 Å². The molecule has 0 amide bonds. The van der Waals surface area contributed by atoms with Gasteiger partial charge in [0, 0.05) is 6.04 Å². The van der Waals surface area contributed by atoms with Crippen LogP contribution in [0.5, 0.6) is 0 Å². The highest BCUT2D eigenvalue weighted by atomic mass is 32.2. The van der Waals surface area contributed by atoms with E-state index in [2.05, 4.69) is 4.72 Å². The predicted octanol–water partition coefficient (Wildman–Crippen LogP) is 1.85. The molecule has 0 heterocycles. The molecule has 0 aliphatic heterocycles. The molecule has 1 unspecified atom stereocenters. The van der Waals surface area contributed by atoms with Gasteiger partial charge < -0.3 is 5.11 Å². The summed E-state index contributed by atoms with van der Waals surface area (Å²) in [6.07, 6.45) is 0. The number of carbonyl (C=O) groups is 1. The first-order valence-electron chi connectivity index (χ1n) is 5.70. The van der Waals surface area contributed by atoms with Crippen LogP contribution < -0.4 is 4.72 Å². The number of aromatic carboxylic acids is 1. The first-order valence-corrected chi connectivity index (χ1v) is 7.18. The highest BCUT2D eigenvalue weighted by molar-refractivity contribution is 7.89. The number of carboxylic acid groups (broad SMARTS) is 1. The SMILES string of the molecule is CC(C)C(C)NS(=O)(=O)c1ccc(C(=O)O)cc1F. The fourth-order valence-electron chi connectivity index (χ4n) is 1.30. The number of carboxylic acids is 1. The largest absolute Gasteiger partial charge is 0.478 e. The zero-order chi connectivity index (χ0) is 14.8. The van der Waals surface area contributed by atoms with Crippen molar-refractivity contribution in [3.63, 3.8) is 0 Å². The predicted molar refractivity (Wildman–Crippen MR) is 68.0 cm³/mol. The Bertz CT molecular complexity index is 583. The van der Waals surface area contributed by atoms with Crippen LogP contribution in [0.4, 0.5) is 4.39 Å². The molecule has 0 saturated heterocycles. The van der Waals surface area contributed by atoms with Crippen molar-refractivity contribution < 1.29 is 22.7 Å². The first kappa shape index (κ1) is 15.6. The zero-order valence-electron chi connectivity index (χ0n) is 10.8. The van der Waals surface area contributed by atoms with E-state index >= 15 is 0 Å². The monoisotopic (exact) mass is 289 g/mol. The fourth-order valence-corrected chi connectivity index (χ4v) is 2.75. The third-order valence-corrected chi connectivity index (χ3v) is 4.40. The standard InChI is InChI=1S/C12H16FNO4S/c1-7(2)8(3)14-19(17,18)11-5-4-9(12(15)16)6-10(11)13/h4-8,14H,1-3H3,(H,15,16). The Hall–Kier alpha value is -1.47. The maximum absolute atomic E-state index is 13.7. The van der Waals surface area contributed by atoms with Crippen molar-refractivity contribution in [2.24, 2.45) is 5.92 Å². The van der Waals surface area contributed by atoms with Crippen LogP contribution in [0, 0.1) is 11.7 Å². The van der Waals surface area contributed by atoms with E-state index < -0.39 is 26.7 Å². The molecule has 1 aromatic rings. The van der Waals surface area contributed by atoms with E-state index in [0.29, 0.717) is 6.07 Å². The number of nitrogens with one attached hydrogen (secondary N) is 1. The number of rotatable bonds is 5. The average molecular weight is 289 g/mol. The van der Waals surface area contributed by atoms with Crippen LogP contribution in [0.3, 0.4) is 0 Å². The molecular formula is C12H16FNO4S. The Morgan fingerprint density at radius 3 is 2.32 bits per heavy atom. The lowest BCUT2D eigenvalue weighted by molar-refractivity contribution is 0.0696. The smallest absolute Gasteiger partial charge is 0.335 e. The van der Waals surface area contributed by atoms with Gasteiger partial charge in [0.2, 0.25) is 10.0 Å². The lowest BCUT2D eigenvalue weighted by Gasteiger charge is -2.17. The quantitative estimate of drug-likeness (QED) is 0.866. The molecule has 0 aliphatic rings. The molecule has 0 radical (unpaired) electrons. The first-order chi connectivity index (χ1) is 8.65. The van der Waals surface area contributed by atoms with Gasteiger partial charge in [0.25, 0.3) is 0 Å². The summed E-state index contributed by atoms with van der Waals surface area (Å²) in [5.41, 5.74) is -0.298. The van der Waals surface area contributed by atoms with E-state index in [1.54, 1.807) is 6.92 Å². The van der Waals surface area contributed by atoms with Gasteiger partial charge in [0.15, 0.2) is 0 Å². The number of hydrogen-bond donors (Lipinski definition) is 2. The van der Waals surface area contributed by atoms with Crippen molar-refractivity contribution in [1.29, 1.82) is 0 Å². The number of benzene rings is 1. The number of hydrogen-bond acceptors (Lipinski definition) is 3. The van der Waals surface area contributed by atoms with Crippen LogP contribution in [0.15, 0.2) is 23.1 Å². The van der Waals surface area contributed by atoms with E-state index in [-0.39, 0.29) is 17.5 Å². The molecule has 1 rings (SSSR count). The fraction of sp³-hybridized carbons (Fsp3) is 0.417. The molecule has 1 atom stereocenters. The summed E-state index contributed by atoms with van der Waals surface area (Å²) >= 11 is 0. The highest BCUT2D eigenvalue weighted by Crippen LogP contribution is 2.17. The minimum absolute atomic E-state index is 0.0520. The van der Waals surface area contributed by atoms with E-state index in [1.807, 2.05) is 13.8 Å². The summed E-state index contributed by atoms with van der Waals surface area (Å²) in [5.74, 6) is -2.34. The second-order valence-corrected chi connectivity index (χ2v) is 6.29. The van der Waals surface area contributed by atoms with Crippen LogP contribution in [0.25, 0.3) is 0 Å². The van der Waals surface area contributed by atoms with Gasteiger partial charge in [-0.2, -0.15) is 0 Å². The lowest BCUT2D eigenvalue weighted by Crippen LogP contribution is -2.36. The summed E-state index contributed by atoms with van der Waals surface area (Å²) in [6.45, 7) is 5.33. The summed E-state index contributed by atoms with van der Waals surface area (Å²) < 4.78 is 39.9.